The average Bonchev–Trinajstić information content (AvgIpc) is 2.85. The Labute approximate surface area is 110 Å². The lowest BCUT2D eigenvalue weighted by molar-refractivity contribution is 0.535. The van der Waals surface area contributed by atoms with Gasteiger partial charge in [-0.15, -0.1) is 0 Å². The number of rotatable bonds is 2. The summed E-state index contributed by atoms with van der Waals surface area (Å²) in [5, 5.41) is 0. The van der Waals surface area contributed by atoms with Crippen LogP contribution in [0.1, 0.15) is 5.76 Å². The van der Waals surface area contributed by atoms with E-state index in [1.54, 1.807) is 12.3 Å². The molecule has 1 aromatic carbocycles. The predicted octanol–water partition coefficient (Wildman–Crippen LogP) is 3.29. The molecule has 3 aromatic rings. The lowest BCUT2D eigenvalue weighted by Gasteiger charge is -2.05. The van der Waals surface area contributed by atoms with E-state index in [9.17, 15) is 0 Å². The standard InChI is InChI=1S/C15H13N3O/c1-10-12(7-8-19-10)15-17-13(9-14(16)18-15)11-5-3-2-4-6-11/h2-9H,1H3,(H2,16,17,18). The van der Waals surface area contributed by atoms with E-state index < -0.39 is 0 Å². The van der Waals surface area contributed by atoms with Crippen LogP contribution < -0.4 is 5.73 Å². The van der Waals surface area contributed by atoms with E-state index in [0.717, 1.165) is 22.6 Å². The minimum atomic E-state index is 0.449. The van der Waals surface area contributed by atoms with Gasteiger partial charge in [-0.3, -0.25) is 0 Å². The monoisotopic (exact) mass is 251 g/mol. The van der Waals surface area contributed by atoms with Crippen LogP contribution in [0.25, 0.3) is 22.6 Å². The summed E-state index contributed by atoms with van der Waals surface area (Å²) in [6.45, 7) is 1.88. The van der Waals surface area contributed by atoms with Gasteiger partial charge in [-0.2, -0.15) is 0 Å². The van der Waals surface area contributed by atoms with Crippen LogP contribution in [-0.4, -0.2) is 9.97 Å². The van der Waals surface area contributed by atoms with E-state index in [2.05, 4.69) is 9.97 Å². The van der Waals surface area contributed by atoms with Crippen LogP contribution in [-0.2, 0) is 0 Å². The van der Waals surface area contributed by atoms with Gasteiger partial charge in [0.25, 0.3) is 0 Å². The first-order valence-corrected chi connectivity index (χ1v) is 5.98. The molecule has 0 spiro atoms. The van der Waals surface area contributed by atoms with Crippen LogP contribution in [0.15, 0.2) is 53.1 Å². The van der Waals surface area contributed by atoms with Gasteiger partial charge >= 0.3 is 0 Å². The maximum absolute atomic E-state index is 5.87. The Balaban J connectivity index is 2.14. The number of nitrogen functional groups attached to an aromatic ring is 1. The van der Waals surface area contributed by atoms with Crippen LogP contribution in [0.4, 0.5) is 5.82 Å². The van der Waals surface area contributed by atoms with Crippen molar-refractivity contribution < 1.29 is 4.42 Å². The molecule has 0 atom stereocenters. The Bertz CT molecular complexity index is 704. The van der Waals surface area contributed by atoms with E-state index in [1.807, 2.05) is 43.3 Å². The maximum atomic E-state index is 5.87. The van der Waals surface area contributed by atoms with Gasteiger partial charge in [0.05, 0.1) is 17.5 Å². The minimum Gasteiger partial charge on any atom is -0.469 e. The fourth-order valence-corrected chi connectivity index (χ4v) is 1.96. The molecular weight excluding hydrogens is 238 g/mol. The molecule has 2 aromatic heterocycles. The third kappa shape index (κ3) is 2.20. The van der Waals surface area contributed by atoms with Crippen molar-refractivity contribution in [3.63, 3.8) is 0 Å². The first-order chi connectivity index (χ1) is 9.24. The number of nitrogens with zero attached hydrogens (tertiary/aromatic N) is 2. The summed E-state index contributed by atoms with van der Waals surface area (Å²) in [6, 6.07) is 13.5. The van der Waals surface area contributed by atoms with Crippen molar-refractivity contribution in [2.24, 2.45) is 0 Å². The zero-order valence-corrected chi connectivity index (χ0v) is 10.5. The molecule has 0 saturated carbocycles. The number of hydrogen-bond donors (Lipinski definition) is 1. The molecule has 4 heteroatoms. The van der Waals surface area contributed by atoms with Crippen LogP contribution in [0.2, 0.25) is 0 Å². The van der Waals surface area contributed by atoms with Gasteiger partial charge in [-0.05, 0) is 13.0 Å². The summed E-state index contributed by atoms with van der Waals surface area (Å²) in [6.07, 6.45) is 1.62. The number of nitrogens with two attached hydrogens (primary N) is 1. The summed E-state index contributed by atoms with van der Waals surface area (Å²) >= 11 is 0. The fourth-order valence-electron chi connectivity index (χ4n) is 1.96. The molecule has 0 bridgehead atoms. The van der Waals surface area contributed by atoms with Crippen molar-refractivity contribution in [3.05, 3.63) is 54.5 Å². The van der Waals surface area contributed by atoms with Crippen LogP contribution in [0, 0.1) is 6.92 Å². The van der Waals surface area contributed by atoms with E-state index in [4.69, 9.17) is 10.2 Å². The zero-order chi connectivity index (χ0) is 13.2. The smallest absolute Gasteiger partial charge is 0.165 e. The Hall–Kier alpha value is -2.62. The van der Waals surface area contributed by atoms with Crippen LogP contribution in [0.5, 0.6) is 0 Å². The van der Waals surface area contributed by atoms with Crippen molar-refractivity contribution in [2.75, 3.05) is 5.73 Å². The third-order valence-corrected chi connectivity index (χ3v) is 2.92. The third-order valence-electron chi connectivity index (χ3n) is 2.92. The van der Waals surface area contributed by atoms with Crippen molar-refractivity contribution in [1.29, 1.82) is 0 Å². The summed E-state index contributed by atoms with van der Waals surface area (Å²) in [5.74, 6) is 1.82. The molecule has 2 N–H and O–H groups in total. The van der Waals surface area contributed by atoms with Crippen molar-refractivity contribution in [2.45, 2.75) is 6.92 Å². The molecule has 0 unspecified atom stereocenters. The molecule has 19 heavy (non-hydrogen) atoms. The van der Waals surface area contributed by atoms with Gasteiger partial charge in [0.15, 0.2) is 5.82 Å². The molecule has 0 radical (unpaired) electrons. The zero-order valence-electron chi connectivity index (χ0n) is 10.5. The van der Waals surface area contributed by atoms with Gasteiger partial charge in [-0.1, -0.05) is 30.3 Å². The van der Waals surface area contributed by atoms with Gasteiger partial charge < -0.3 is 10.2 Å². The lowest BCUT2D eigenvalue weighted by Crippen LogP contribution is -1.98. The molecule has 0 fully saturated rings. The summed E-state index contributed by atoms with van der Waals surface area (Å²) in [7, 11) is 0. The number of hydrogen-bond acceptors (Lipinski definition) is 4. The highest BCUT2D eigenvalue weighted by atomic mass is 16.3. The normalized spacial score (nSPS) is 10.6. The van der Waals surface area contributed by atoms with Gasteiger partial charge in [0.1, 0.15) is 11.6 Å². The minimum absolute atomic E-state index is 0.449. The first kappa shape index (κ1) is 11.5. The largest absolute Gasteiger partial charge is 0.469 e. The average molecular weight is 251 g/mol. The number of aromatic nitrogens is 2. The van der Waals surface area contributed by atoms with E-state index in [-0.39, 0.29) is 0 Å². The van der Waals surface area contributed by atoms with Crippen molar-refractivity contribution >= 4 is 5.82 Å². The molecular formula is C15H13N3O. The Morgan fingerprint density at radius 2 is 1.84 bits per heavy atom. The van der Waals surface area contributed by atoms with Crippen molar-refractivity contribution in [3.8, 4) is 22.6 Å². The molecule has 0 saturated heterocycles. The second-order valence-electron chi connectivity index (χ2n) is 4.26. The van der Waals surface area contributed by atoms with Crippen LogP contribution >= 0.6 is 0 Å². The van der Waals surface area contributed by atoms with E-state index in [1.165, 1.54) is 0 Å². The molecule has 3 rings (SSSR count). The summed E-state index contributed by atoms with van der Waals surface area (Å²) in [5.41, 5.74) is 8.56. The molecule has 0 aliphatic heterocycles. The topological polar surface area (TPSA) is 64.9 Å². The Morgan fingerprint density at radius 3 is 2.53 bits per heavy atom. The maximum Gasteiger partial charge on any atom is 0.165 e. The van der Waals surface area contributed by atoms with Gasteiger partial charge in [-0.25, -0.2) is 9.97 Å². The SMILES string of the molecule is Cc1occc1-c1nc(N)cc(-c2ccccc2)n1. The number of aryl methyl sites for hydroxylation is 1. The first-order valence-electron chi connectivity index (χ1n) is 5.98. The highest BCUT2D eigenvalue weighted by Gasteiger charge is 2.10. The summed E-state index contributed by atoms with van der Waals surface area (Å²) < 4.78 is 5.28. The Kier molecular flexibility index (Phi) is 2.76. The second-order valence-corrected chi connectivity index (χ2v) is 4.26. The van der Waals surface area contributed by atoms with Gasteiger partial charge in [0.2, 0.25) is 0 Å². The molecule has 4 nitrogen and oxygen atoms in total. The second kappa shape index (κ2) is 4.57. The van der Waals surface area contributed by atoms with Gasteiger partial charge in [0, 0.05) is 11.6 Å². The quantitative estimate of drug-likeness (QED) is 0.759. The highest BCUT2D eigenvalue weighted by molar-refractivity contribution is 5.67. The number of furan rings is 1. The van der Waals surface area contributed by atoms with E-state index in [0.29, 0.717) is 11.6 Å². The summed E-state index contributed by atoms with van der Waals surface area (Å²) in [4.78, 5) is 8.83. The molecule has 0 aliphatic rings. The van der Waals surface area contributed by atoms with E-state index >= 15 is 0 Å². The fraction of sp³-hybridized carbons (Fsp3) is 0.0667. The molecule has 0 aliphatic carbocycles. The molecule has 0 amide bonds. The van der Waals surface area contributed by atoms with Crippen LogP contribution in [0.3, 0.4) is 0 Å². The molecule has 2 heterocycles. The number of benzene rings is 1. The molecule has 94 valence electrons. The Morgan fingerprint density at radius 1 is 1.05 bits per heavy atom. The number of anilines is 1. The lowest BCUT2D eigenvalue weighted by atomic mass is 10.1. The highest BCUT2D eigenvalue weighted by Crippen LogP contribution is 2.25. The van der Waals surface area contributed by atoms with Crippen molar-refractivity contribution in [1.82, 2.24) is 9.97 Å². The predicted molar refractivity (Wildman–Crippen MR) is 74.3 cm³/mol.